The maximum atomic E-state index is 6.48. The van der Waals surface area contributed by atoms with Crippen LogP contribution in [-0.2, 0) is 0 Å². The fraction of sp³-hybridized carbons (Fsp3) is 0.0526. The molecule has 4 rings (SSSR count). The smallest absolute Gasteiger partial charge is 0.165 e. The van der Waals surface area contributed by atoms with E-state index >= 15 is 0 Å². The normalized spacial score (nSPS) is 11.1. The largest absolute Gasteiger partial charge is 0.228 e. The van der Waals surface area contributed by atoms with Crippen LogP contribution in [0, 0.1) is 10.5 Å². The van der Waals surface area contributed by atoms with Gasteiger partial charge in [0.25, 0.3) is 0 Å². The molecular weight excluding hydrogens is 433 g/mol. The molecule has 0 saturated carbocycles. The lowest BCUT2D eigenvalue weighted by atomic mass is 10.1. The summed E-state index contributed by atoms with van der Waals surface area (Å²) in [7, 11) is 0. The Hall–Kier alpha value is -1.92. The van der Waals surface area contributed by atoms with Crippen LogP contribution in [0.3, 0.4) is 0 Å². The minimum Gasteiger partial charge on any atom is -0.228 e. The van der Waals surface area contributed by atoms with E-state index < -0.39 is 0 Å². The van der Waals surface area contributed by atoms with Crippen molar-refractivity contribution in [3.8, 4) is 22.4 Å². The van der Waals surface area contributed by atoms with Crippen LogP contribution < -0.4 is 0 Å². The first kappa shape index (κ1) is 15.6. The second-order valence-corrected chi connectivity index (χ2v) is 7.17. The van der Waals surface area contributed by atoms with Crippen molar-refractivity contribution in [1.82, 2.24) is 14.6 Å². The van der Waals surface area contributed by atoms with Crippen LogP contribution in [0.2, 0.25) is 5.15 Å². The van der Waals surface area contributed by atoms with Gasteiger partial charge in [-0.1, -0.05) is 54.1 Å². The van der Waals surface area contributed by atoms with E-state index in [0.717, 1.165) is 37.3 Å². The van der Waals surface area contributed by atoms with E-state index in [9.17, 15) is 0 Å². The molecule has 0 fully saturated rings. The van der Waals surface area contributed by atoms with E-state index in [4.69, 9.17) is 16.6 Å². The van der Waals surface area contributed by atoms with Gasteiger partial charge in [0.1, 0.15) is 5.15 Å². The van der Waals surface area contributed by atoms with Gasteiger partial charge in [0.2, 0.25) is 0 Å². The number of fused-ring (bicyclic) bond motifs is 1. The number of aryl methyl sites for hydroxylation is 1. The molecule has 2 heterocycles. The quantitative estimate of drug-likeness (QED) is 0.296. The number of hydrogen-bond acceptors (Lipinski definition) is 2. The third-order valence-electron chi connectivity index (χ3n) is 3.90. The van der Waals surface area contributed by atoms with Crippen molar-refractivity contribution in [1.29, 1.82) is 0 Å². The van der Waals surface area contributed by atoms with E-state index in [2.05, 4.69) is 52.0 Å². The predicted octanol–water partition coefficient (Wildman–Crippen LogP) is 5.63. The molecule has 0 N–H and O–H groups in total. The van der Waals surface area contributed by atoms with E-state index in [-0.39, 0.29) is 0 Å². The summed E-state index contributed by atoms with van der Waals surface area (Å²) in [5.74, 6) is 0. The van der Waals surface area contributed by atoms with Gasteiger partial charge in [-0.25, -0.2) is 9.50 Å². The van der Waals surface area contributed by atoms with E-state index in [1.54, 1.807) is 4.52 Å². The first-order valence-corrected chi connectivity index (χ1v) is 8.96. The zero-order chi connectivity index (χ0) is 16.7. The summed E-state index contributed by atoms with van der Waals surface area (Å²) in [6, 6.07) is 20.3. The second-order valence-electron chi connectivity index (χ2n) is 5.54. The summed E-state index contributed by atoms with van der Waals surface area (Å²) >= 11 is 8.78. The van der Waals surface area contributed by atoms with Crippen LogP contribution in [0.4, 0.5) is 0 Å². The van der Waals surface area contributed by atoms with Gasteiger partial charge in [-0.3, -0.25) is 0 Å². The lowest BCUT2D eigenvalue weighted by Gasteiger charge is -2.06. The van der Waals surface area contributed by atoms with Gasteiger partial charge in [0.05, 0.1) is 11.4 Å². The molecule has 0 aliphatic heterocycles. The summed E-state index contributed by atoms with van der Waals surface area (Å²) in [4.78, 5) is 4.86. The summed E-state index contributed by atoms with van der Waals surface area (Å²) < 4.78 is 2.87. The van der Waals surface area contributed by atoms with Crippen LogP contribution in [0.1, 0.15) is 5.69 Å². The van der Waals surface area contributed by atoms with Gasteiger partial charge < -0.3 is 0 Å². The lowest BCUT2D eigenvalue weighted by Crippen LogP contribution is -1.95. The Morgan fingerprint density at radius 3 is 2.46 bits per heavy atom. The lowest BCUT2D eigenvalue weighted by molar-refractivity contribution is 0.919. The van der Waals surface area contributed by atoms with Gasteiger partial charge in [-0.2, -0.15) is 5.10 Å². The number of aromatic nitrogens is 3. The van der Waals surface area contributed by atoms with E-state index in [0.29, 0.717) is 5.15 Å². The molecular formula is C19H13ClIN3. The summed E-state index contributed by atoms with van der Waals surface area (Å²) in [5.41, 5.74) is 5.70. The van der Waals surface area contributed by atoms with Gasteiger partial charge in [-0.05, 0) is 47.2 Å². The number of rotatable bonds is 2. The van der Waals surface area contributed by atoms with Crippen LogP contribution in [0.15, 0.2) is 60.7 Å². The Balaban J connectivity index is 2.00. The summed E-state index contributed by atoms with van der Waals surface area (Å²) in [6.45, 7) is 1.98. The van der Waals surface area contributed by atoms with Gasteiger partial charge in [0.15, 0.2) is 5.65 Å². The average Bonchev–Trinajstić information content (AvgIpc) is 2.92. The Morgan fingerprint density at radius 2 is 1.71 bits per heavy atom. The van der Waals surface area contributed by atoms with Crippen molar-refractivity contribution >= 4 is 39.8 Å². The molecule has 0 spiro atoms. The van der Waals surface area contributed by atoms with Crippen LogP contribution >= 0.6 is 34.2 Å². The minimum absolute atomic E-state index is 0.555. The molecule has 0 bridgehead atoms. The molecule has 0 amide bonds. The molecule has 5 heteroatoms. The number of hydrogen-bond donors (Lipinski definition) is 0. The number of benzene rings is 2. The van der Waals surface area contributed by atoms with Crippen molar-refractivity contribution in [3.63, 3.8) is 0 Å². The standard InChI is InChI=1S/C19H13ClIN3/c1-12-18(13-6-3-2-4-7-13)19-22-16(11-17(20)24(19)23-12)14-8-5-9-15(21)10-14/h2-11H,1H3. The number of halogens is 2. The topological polar surface area (TPSA) is 30.2 Å². The molecule has 0 aliphatic rings. The molecule has 0 aliphatic carbocycles. The molecule has 3 nitrogen and oxygen atoms in total. The molecule has 0 radical (unpaired) electrons. The van der Waals surface area contributed by atoms with Crippen molar-refractivity contribution < 1.29 is 0 Å². The molecule has 0 atom stereocenters. The minimum atomic E-state index is 0.555. The monoisotopic (exact) mass is 445 g/mol. The van der Waals surface area contributed by atoms with Gasteiger partial charge in [0, 0.05) is 20.8 Å². The van der Waals surface area contributed by atoms with Gasteiger partial charge >= 0.3 is 0 Å². The van der Waals surface area contributed by atoms with Gasteiger partial charge in [-0.15, -0.1) is 0 Å². The van der Waals surface area contributed by atoms with Crippen molar-refractivity contribution in [2.24, 2.45) is 0 Å². The molecule has 4 aromatic rings. The maximum Gasteiger partial charge on any atom is 0.165 e. The Morgan fingerprint density at radius 1 is 0.958 bits per heavy atom. The Kier molecular flexibility index (Phi) is 4.02. The van der Waals surface area contributed by atoms with Crippen molar-refractivity contribution in [3.05, 3.63) is 75.1 Å². The van der Waals surface area contributed by atoms with Crippen molar-refractivity contribution in [2.75, 3.05) is 0 Å². The summed E-state index contributed by atoms with van der Waals surface area (Å²) in [6.07, 6.45) is 0. The maximum absolute atomic E-state index is 6.48. The zero-order valence-electron chi connectivity index (χ0n) is 12.9. The fourth-order valence-corrected chi connectivity index (χ4v) is 3.59. The highest BCUT2D eigenvalue weighted by Gasteiger charge is 2.16. The van der Waals surface area contributed by atoms with E-state index in [1.807, 2.05) is 43.3 Å². The third kappa shape index (κ3) is 2.70. The van der Waals surface area contributed by atoms with Crippen LogP contribution in [0.5, 0.6) is 0 Å². The third-order valence-corrected chi connectivity index (χ3v) is 4.84. The highest BCUT2D eigenvalue weighted by atomic mass is 127. The van der Waals surface area contributed by atoms with Crippen LogP contribution in [-0.4, -0.2) is 14.6 Å². The SMILES string of the molecule is Cc1nn2c(Cl)cc(-c3cccc(I)c3)nc2c1-c1ccccc1. The first-order valence-electron chi connectivity index (χ1n) is 7.51. The predicted molar refractivity (Wildman–Crippen MR) is 106 cm³/mol. The first-order chi connectivity index (χ1) is 11.6. The fourth-order valence-electron chi connectivity index (χ4n) is 2.83. The van der Waals surface area contributed by atoms with Crippen LogP contribution in [0.25, 0.3) is 28.0 Å². The zero-order valence-corrected chi connectivity index (χ0v) is 15.8. The second kappa shape index (κ2) is 6.18. The highest BCUT2D eigenvalue weighted by Crippen LogP contribution is 2.31. The molecule has 0 saturated heterocycles. The van der Waals surface area contributed by atoms with E-state index in [1.165, 1.54) is 0 Å². The summed E-state index contributed by atoms with van der Waals surface area (Å²) in [5, 5.41) is 5.12. The molecule has 0 unspecified atom stereocenters. The molecule has 2 aromatic heterocycles. The molecule has 2 aromatic carbocycles. The molecule has 24 heavy (non-hydrogen) atoms. The average molecular weight is 446 g/mol. The number of nitrogens with zero attached hydrogens (tertiary/aromatic N) is 3. The molecule has 118 valence electrons. The van der Waals surface area contributed by atoms with Crippen molar-refractivity contribution in [2.45, 2.75) is 6.92 Å². The highest BCUT2D eigenvalue weighted by molar-refractivity contribution is 14.1. The Labute approximate surface area is 158 Å². The Bertz CT molecular complexity index is 1040.